The Balaban J connectivity index is 2.18. The van der Waals surface area contributed by atoms with Crippen molar-refractivity contribution in [1.29, 1.82) is 0 Å². The Kier molecular flexibility index (Phi) is 3.44. The van der Waals surface area contributed by atoms with Crippen molar-refractivity contribution >= 4 is 11.7 Å². The van der Waals surface area contributed by atoms with Gasteiger partial charge in [-0.25, -0.2) is 4.79 Å². The van der Waals surface area contributed by atoms with Gasteiger partial charge in [0, 0.05) is 12.2 Å². The molecule has 1 aromatic carbocycles. The molecule has 1 fully saturated rings. The molecule has 1 atom stereocenters. The molecule has 1 aromatic rings. The van der Waals surface area contributed by atoms with E-state index in [1.807, 2.05) is 0 Å². The number of carboxylic acids is 1. The summed E-state index contributed by atoms with van der Waals surface area (Å²) in [5.41, 5.74) is -0.846. The van der Waals surface area contributed by atoms with Gasteiger partial charge in [0.05, 0.1) is 11.1 Å². The second kappa shape index (κ2) is 4.68. The first kappa shape index (κ1) is 14.7. The van der Waals surface area contributed by atoms with Crippen LogP contribution >= 0.6 is 0 Å². The third-order valence-corrected chi connectivity index (χ3v) is 3.83. The zero-order chi connectivity index (χ0) is 15.1. The minimum Gasteiger partial charge on any atom is -0.478 e. The molecule has 0 amide bonds. The number of carboxylic acid groups (broad SMARTS) is 1. The van der Waals surface area contributed by atoms with Gasteiger partial charge < -0.3 is 10.4 Å². The molecule has 0 saturated heterocycles. The summed E-state index contributed by atoms with van der Waals surface area (Å²) in [4.78, 5) is 11.1. The van der Waals surface area contributed by atoms with Gasteiger partial charge in [-0.05, 0) is 36.0 Å². The average Bonchev–Trinajstić information content (AvgIpc) is 2.93. The summed E-state index contributed by atoms with van der Waals surface area (Å²) < 4.78 is 37.7. The minimum absolute atomic E-state index is 0.225. The quantitative estimate of drug-likeness (QED) is 0.884. The van der Waals surface area contributed by atoms with Crippen LogP contribution in [0.4, 0.5) is 18.9 Å². The number of hydrogen-bond donors (Lipinski definition) is 2. The summed E-state index contributed by atoms with van der Waals surface area (Å²) in [6.45, 7) is 4.77. The minimum atomic E-state index is -4.54. The van der Waals surface area contributed by atoms with Gasteiger partial charge in [-0.3, -0.25) is 0 Å². The third-order valence-electron chi connectivity index (χ3n) is 3.83. The first-order valence-corrected chi connectivity index (χ1v) is 6.29. The standard InChI is InChI=1S/C14H16F3NO2/c1-13(2)6-9(13)7-18-11-4-3-8(14(15,16)17)5-10(11)12(19)20/h3-5,9,18H,6-7H2,1-2H3,(H,19,20). The lowest BCUT2D eigenvalue weighted by Crippen LogP contribution is -2.13. The number of anilines is 1. The highest BCUT2D eigenvalue weighted by Crippen LogP contribution is 2.51. The molecule has 2 N–H and O–H groups in total. The maximum atomic E-state index is 12.6. The monoisotopic (exact) mass is 287 g/mol. The fourth-order valence-corrected chi connectivity index (χ4v) is 2.21. The van der Waals surface area contributed by atoms with Gasteiger partial charge in [-0.1, -0.05) is 13.8 Å². The van der Waals surface area contributed by atoms with E-state index in [1.54, 1.807) is 0 Å². The molecular formula is C14H16F3NO2. The van der Waals surface area contributed by atoms with Crippen molar-refractivity contribution in [2.45, 2.75) is 26.4 Å². The number of carbonyl (C=O) groups is 1. The van der Waals surface area contributed by atoms with Gasteiger partial charge in [0.2, 0.25) is 0 Å². The Bertz CT molecular complexity index is 538. The van der Waals surface area contributed by atoms with Crippen molar-refractivity contribution in [3.63, 3.8) is 0 Å². The van der Waals surface area contributed by atoms with Crippen molar-refractivity contribution in [3.05, 3.63) is 29.3 Å². The van der Waals surface area contributed by atoms with Gasteiger partial charge >= 0.3 is 12.1 Å². The van der Waals surface area contributed by atoms with Gasteiger partial charge in [0.25, 0.3) is 0 Å². The zero-order valence-electron chi connectivity index (χ0n) is 11.2. The maximum absolute atomic E-state index is 12.6. The van der Waals surface area contributed by atoms with E-state index in [2.05, 4.69) is 19.2 Å². The van der Waals surface area contributed by atoms with E-state index in [0.717, 1.165) is 12.5 Å². The SMILES string of the molecule is CC1(C)CC1CNc1ccc(C(F)(F)F)cc1C(=O)O. The highest BCUT2D eigenvalue weighted by Gasteiger charge is 2.45. The number of nitrogens with one attached hydrogen (secondary N) is 1. The van der Waals surface area contributed by atoms with Crippen LogP contribution in [0.25, 0.3) is 0 Å². The zero-order valence-corrected chi connectivity index (χ0v) is 11.2. The van der Waals surface area contributed by atoms with Gasteiger partial charge in [-0.2, -0.15) is 13.2 Å². The lowest BCUT2D eigenvalue weighted by molar-refractivity contribution is -0.137. The summed E-state index contributed by atoms with van der Waals surface area (Å²) in [7, 11) is 0. The predicted octanol–water partition coefficient (Wildman–Crippen LogP) is 3.86. The topological polar surface area (TPSA) is 49.3 Å². The average molecular weight is 287 g/mol. The fourth-order valence-electron chi connectivity index (χ4n) is 2.21. The highest BCUT2D eigenvalue weighted by molar-refractivity contribution is 5.94. The molecule has 3 nitrogen and oxygen atoms in total. The second-order valence-electron chi connectivity index (χ2n) is 5.83. The first-order valence-electron chi connectivity index (χ1n) is 6.29. The van der Waals surface area contributed by atoms with E-state index in [1.165, 1.54) is 6.07 Å². The Morgan fingerprint density at radius 2 is 2.05 bits per heavy atom. The molecule has 1 aliphatic carbocycles. The highest BCUT2D eigenvalue weighted by atomic mass is 19.4. The van der Waals surface area contributed by atoms with E-state index in [0.29, 0.717) is 18.5 Å². The van der Waals surface area contributed by atoms with Crippen LogP contribution in [-0.2, 0) is 6.18 Å². The van der Waals surface area contributed by atoms with E-state index >= 15 is 0 Å². The molecule has 1 unspecified atom stereocenters. The molecular weight excluding hydrogens is 271 g/mol. The molecule has 0 aromatic heterocycles. The molecule has 0 radical (unpaired) electrons. The number of hydrogen-bond acceptors (Lipinski definition) is 2. The first-order chi connectivity index (χ1) is 9.11. The molecule has 110 valence electrons. The fraction of sp³-hybridized carbons (Fsp3) is 0.500. The molecule has 0 spiro atoms. The number of halogens is 3. The van der Waals surface area contributed by atoms with Crippen LogP contribution in [-0.4, -0.2) is 17.6 Å². The third kappa shape index (κ3) is 3.05. The number of aromatic carboxylic acids is 1. The molecule has 0 aliphatic heterocycles. The summed E-state index contributed by atoms with van der Waals surface area (Å²) in [5, 5.41) is 12.0. The molecule has 2 rings (SSSR count). The lowest BCUT2D eigenvalue weighted by Gasteiger charge is -2.13. The molecule has 20 heavy (non-hydrogen) atoms. The van der Waals surface area contributed by atoms with Crippen molar-refractivity contribution in [1.82, 2.24) is 0 Å². The van der Waals surface area contributed by atoms with Gasteiger partial charge in [-0.15, -0.1) is 0 Å². The van der Waals surface area contributed by atoms with Crippen LogP contribution in [0.1, 0.15) is 36.2 Å². The van der Waals surface area contributed by atoms with Crippen LogP contribution in [0, 0.1) is 11.3 Å². The number of rotatable bonds is 4. The maximum Gasteiger partial charge on any atom is 0.416 e. The van der Waals surface area contributed by atoms with Crippen LogP contribution in [0.5, 0.6) is 0 Å². The van der Waals surface area contributed by atoms with Crippen LogP contribution < -0.4 is 5.32 Å². The normalized spacial score (nSPS) is 20.6. The number of alkyl halides is 3. The Morgan fingerprint density at radius 1 is 1.45 bits per heavy atom. The summed E-state index contributed by atoms with van der Waals surface area (Å²) >= 11 is 0. The number of benzene rings is 1. The summed E-state index contributed by atoms with van der Waals surface area (Å²) in [6, 6.07) is 2.75. The molecule has 0 heterocycles. The second-order valence-corrected chi connectivity index (χ2v) is 5.83. The van der Waals surface area contributed by atoms with E-state index < -0.39 is 17.7 Å². The van der Waals surface area contributed by atoms with Crippen molar-refractivity contribution in [3.8, 4) is 0 Å². The Morgan fingerprint density at radius 3 is 2.50 bits per heavy atom. The van der Waals surface area contributed by atoms with Crippen LogP contribution in [0.2, 0.25) is 0 Å². The van der Waals surface area contributed by atoms with E-state index in [-0.39, 0.29) is 16.7 Å². The Labute approximate surface area is 114 Å². The van der Waals surface area contributed by atoms with Crippen molar-refractivity contribution in [2.75, 3.05) is 11.9 Å². The van der Waals surface area contributed by atoms with E-state index in [4.69, 9.17) is 5.11 Å². The molecule has 1 aliphatic rings. The smallest absolute Gasteiger partial charge is 0.416 e. The van der Waals surface area contributed by atoms with Crippen LogP contribution in [0.15, 0.2) is 18.2 Å². The van der Waals surface area contributed by atoms with Crippen molar-refractivity contribution in [2.24, 2.45) is 11.3 Å². The lowest BCUT2D eigenvalue weighted by atomic mass is 10.1. The Hall–Kier alpha value is -1.72. The molecule has 0 bridgehead atoms. The molecule has 6 heteroatoms. The predicted molar refractivity (Wildman–Crippen MR) is 68.8 cm³/mol. The van der Waals surface area contributed by atoms with Crippen molar-refractivity contribution < 1.29 is 23.1 Å². The summed E-state index contributed by atoms with van der Waals surface area (Å²) in [6.07, 6.45) is -3.51. The van der Waals surface area contributed by atoms with Crippen LogP contribution in [0.3, 0.4) is 0 Å². The van der Waals surface area contributed by atoms with Gasteiger partial charge in [0.15, 0.2) is 0 Å². The molecule has 1 saturated carbocycles. The summed E-state index contributed by atoms with van der Waals surface area (Å²) in [5.74, 6) is -0.944. The van der Waals surface area contributed by atoms with E-state index in [9.17, 15) is 18.0 Å². The van der Waals surface area contributed by atoms with Gasteiger partial charge in [0.1, 0.15) is 0 Å². The largest absolute Gasteiger partial charge is 0.478 e.